The van der Waals surface area contributed by atoms with Crippen LogP contribution >= 0.6 is 0 Å². The van der Waals surface area contributed by atoms with Gasteiger partial charge >= 0.3 is 0 Å². The van der Waals surface area contributed by atoms with Crippen LogP contribution in [-0.4, -0.2) is 28.8 Å². The molecule has 0 heterocycles. The molecular formula is C32H40N2O2. The molecule has 3 aromatic rings. The SMILES string of the molecule is CC(C)NC(=O)C(Cc1ccccc1)N(Cc1ccccc1)C(=O)CCc1ccc(C(C)(C)C)cc1. The van der Waals surface area contributed by atoms with Crippen molar-refractivity contribution in [3.8, 4) is 0 Å². The molecule has 3 rings (SSSR count). The largest absolute Gasteiger partial charge is 0.352 e. The summed E-state index contributed by atoms with van der Waals surface area (Å²) < 4.78 is 0. The minimum atomic E-state index is -0.592. The molecule has 36 heavy (non-hydrogen) atoms. The third-order valence-electron chi connectivity index (χ3n) is 6.35. The van der Waals surface area contributed by atoms with Gasteiger partial charge in [-0.2, -0.15) is 0 Å². The highest BCUT2D eigenvalue weighted by atomic mass is 16.2. The van der Waals surface area contributed by atoms with E-state index >= 15 is 0 Å². The van der Waals surface area contributed by atoms with E-state index < -0.39 is 6.04 Å². The number of rotatable bonds is 10. The number of benzene rings is 3. The topological polar surface area (TPSA) is 49.4 Å². The molecule has 1 unspecified atom stereocenters. The van der Waals surface area contributed by atoms with Gasteiger partial charge in [0.15, 0.2) is 0 Å². The van der Waals surface area contributed by atoms with Crippen molar-refractivity contribution in [2.75, 3.05) is 0 Å². The van der Waals surface area contributed by atoms with Crippen molar-refractivity contribution in [2.45, 2.75) is 77.9 Å². The van der Waals surface area contributed by atoms with Crippen molar-refractivity contribution in [2.24, 2.45) is 0 Å². The smallest absolute Gasteiger partial charge is 0.243 e. The molecule has 0 aliphatic rings. The molecule has 0 fully saturated rings. The molecule has 4 heteroatoms. The molecule has 0 saturated heterocycles. The first-order valence-electron chi connectivity index (χ1n) is 12.9. The average molecular weight is 485 g/mol. The highest BCUT2D eigenvalue weighted by Crippen LogP contribution is 2.23. The Hall–Kier alpha value is -3.40. The van der Waals surface area contributed by atoms with Crippen molar-refractivity contribution in [3.05, 3.63) is 107 Å². The normalized spacial score (nSPS) is 12.3. The maximum atomic E-state index is 13.7. The molecule has 3 aromatic carbocycles. The van der Waals surface area contributed by atoms with Gasteiger partial charge < -0.3 is 10.2 Å². The Morgan fingerprint density at radius 2 is 1.33 bits per heavy atom. The lowest BCUT2D eigenvalue weighted by molar-refractivity contribution is -0.141. The van der Waals surface area contributed by atoms with E-state index in [1.165, 1.54) is 5.56 Å². The zero-order chi connectivity index (χ0) is 26.1. The minimum absolute atomic E-state index is 0.00854. The number of carbonyl (C=O) groups excluding carboxylic acids is 2. The summed E-state index contributed by atoms with van der Waals surface area (Å²) in [6.07, 6.45) is 1.46. The number of amides is 2. The highest BCUT2D eigenvalue weighted by molar-refractivity contribution is 5.88. The van der Waals surface area contributed by atoms with Gasteiger partial charge in [-0.05, 0) is 47.9 Å². The number of nitrogens with zero attached hydrogens (tertiary/aromatic N) is 1. The molecule has 4 nitrogen and oxygen atoms in total. The second-order valence-electron chi connectivity index (χ2n) is 10.8. The third-order valence-corrected chi connectivity index (χ3v) is 6.35. The Balaban J connectivity index is 1.85. The standard InChI is InChI=1S/C32H40N2O2/c1-24(2)33-31(36)29(22-26-12-8-6-9-13-26)34(23-27-14-10-7-11-15-27)30(35)21-18-25-16-19-28(20-17-25)32(3,4)5/h6-17,19-20,24,29H,18,21-23H2,1-5H3,(H,33,36). The summed E-state index contributed by atoms with van der Waals surface area (Å²) in [5.74, 6) is -0.133. The van der Waals surface area contributed by atoms with Crippen LogP contribution in [0.2, 0.25) is 0 Å². The quantitative estimate of drug-likeness (QED) is 0.379. The van der Waals surface area contributed by atoms with Gasteiger partial charge in [0, 0.05) is 25.4 Å². The Morgan fingerprint density at radius 1 is 0.778 bits per heavy atom. The summed E-state index contributed by atoms with van der Waals surface area (Å²) in [7, 11) is 0. The predicted octanol–water partition coefficient (Wildman–Crippen LogP) is 6.08. The lowest BCUT2D eigenvalue weighted by atomic mass is 9.86. The fourth-order valence-corrected chi connectivity index (χ4v) is 4.28. The minimum Gasteiger partial charge on any atom is -0.352 e. The highest BCUT2D eigenvalue weighted by Gasteiger charge is 2.30. The van der Waals surface area contributed by atoms with E-state index in [4.69, 9.17) is 0 Å². The van der Waals surface area contributed by atoms with Gasteiger partial charge in [0.05, 0.1) is 0 Å². The number of nitrogens with one attached hydrogen (secondary N) is 1. The Labute approximate surface area is 216 Å². The van der Waals surface area contributed by atoms with E-state index in [9.17, 15) is 9.59 Å². The van der Waals surface area contributed by atoms with Crippen LogP contribution in [0.1, 0.15) is 63.3 Å². The van der Waals surface area contributed by atoms with E-state index in [-0.39, 0.29) is 23.3 Å². The van der Waals surface area contributed by atoms with Crippen molar-refractivity contribution in [1.82, 2.24) is 10.2 Å². The molecule has 0 aliphatic carbocycles. The summed E-state index contributed by atoms with van der Waals surface area (Å²) in [6.45, 7) is 10.9. The number of hydrogen-bond donors (Lipinski definition) is 1. The second-order valence-corrected chi connectivity index (χ2v) is 10.8. The lowest BCUT2D eigenvalue weighted by Crippen LogP contribution is -2.51. The van der Waals surface area contributed by atoms with Crippen LogP contribution in [-0.2, 0) is 34.4 Å². The molecule has 0 aliphatic heterocycles. The molecule has 0 spiro atoms. The lowest BCUT2D eigenvalue weighted by Gasteiger charge is -2.32. The van der Waals surface area contributed by atoms with E-state index in [2.05, 4.69) is 50.4 Å². The van der Waals surface area contributed by atoms with E-state index in [0.717, 1.165) is 16.7 Å². The molecule has 0 bridgehead atoms. The monoisotopic (exact) mass is 484 g/mol. The van der Waals surface area contributed by atoms with Gasteiger partial charge in [-0.3, -0.25) is 9.59 Å². The van der Waals surface area contributed by atoms with Crippen LogP contribution < -0.4 is 5.32 Å². The van der Waals surface area contributed by atoms with Crippen LogP contribution in [0.5, 0.6) is 0 Å². The fraction of sp³-hybridized carbons (Fsp3) is 0.375. The average Bonchev–Trinajstić information content (AvgIpc) is 2.85. The molecular weight excluding hydrogens is 444 g/mol. The van der Waals surface area contributed by atoms with Crippen molar-refractivity contribution >= 4 is 11.8 Å². The molecule has 0 saturated carbocycles. The van der Waals surface area contributed by atoms with Gasteiger partial charge in [0.1, 0.15) is 6.04 Å². The third kappa shape index (κ3) is 8.08. The van der Waals surface area contributed by atoms with Gasteiger partial charge in [0.25, 0.3) is 0 Å². The molecule has 2 amide bonds. The van der Waals surface area contributed by atoms with Crippen LogP contribution in [0.15, 0.2) is 84.9 Å². The second kappa shape index (κ2) is 12.5. The Bertz CT molecular complexity index is 1100. The molecule has 1 atom stereocenters. The summed E-state index contributed by atoms with van der Waals surface area (Å²) in [6, 6.07) is 27.8. The first-order chi connectivity index (χ1) is 17.1. The first-order valence-corrected chi connectivity index (χ1v) is 12.9. The maximum Gasteiger partial charge on any atom is 0.243 e. The van der Waals surface area contributed by atoms with Gasteiger partial charge in [0.2, 0.25) is 11.8 Å². The predicted molar refractivity (Wildman–Crippen MR) is 148 cm³/mol. The van der Waals surface area contributed by atoms with E-state index in [1.54, 1.807) is 4.90 Å². The number of aryl methyl sites for hydroxylation is 1. The van der Waals surface area contributed by atoms with Crippen LogP contribution in [0, 0.1) is 0 Å². The number of hydrogen-bond acceptors (Lipinski definition) is 2. The van der Waals surface area contributed by atoms with E-state index in [0.29, 0.717) is 25.8 Å². The van der Waals surface area contributed by atoms with Crippen LogP contribution in [0.25, 0.3) is 0 Å². The Morgan fingerprint density at radius 3 is 1.86 bits per heavy atom. The van der Waals surface area contributed by atoms with Gasteiger partial charge in [-0.15, -0.1) is 0 Å². The summed E-state index contributed by atoms with van der Waals surface area (Å²) in [4.78, 5) is 28.9. The van der Waals surface area contributed by atoms with Gasteiger partial charge in [-0.25, -0.2) is 0 Å². The summed E-state index contributed by atoms with van der Waals surface area (Å²) >= 11 is 0. The summed E-state index contributed by atoms with van der Waals surface area (Å²) in [5, 5.41) is 3.05. The zero-order valence-electron chi connectivity index (χ0n) is 22.3. The van der Waals surface area contributed by atoms with E-state index in [1.807, 2.05) is 74.5 Å². The van der Waals surface area contributed by atoms with Gasteiger partial charge in [-0.1, -0.05) is 106 Å². The van der Waals surface area contributed by atoms with Crippen LogP contribution in [0.4, 0.5) is 0 Å². The molecule has 0 radical (unpaired) electrons. The summed E-state index contributed by atoms with van der Waals surface area (Å²) in [5.41, 5.74) is 4.54. The number of carbonyl (C=O) groups is 2. The fourth-order valence-electron chi connectivity index (χ4n) is 4.28. The van der Waals surface area contributed by atoms with Crippen molar-refractivity contribution < 1.29 is 9.59 Å². The molecule has 190 valence electrons. The Kier molecular flexibility index (Phi) is 9.46. The maximum absolute atomic E-state index is 13.7. The zero-order valence-corrected chi connectivity index (χ0v) is 22.3. The molecule has 0 aromatic heterocycles. The first kappa shape index (κ1) is 27.2. The molecule has 1 N–H and O–H groups in total. The van der Waals surface area contributed by atoms with Crippen LogP contribution in [0.3, 0.4) is 0 Å². The van der Waals surface area contributed by atoms with Crippen molar-refractivity contribution in [3.63, 3.8) is 0 Å². The van der Waals surface area contributed by atoms with Crippen molar-refractivity contribution in [1.29, 1.82) is 0 Å².